The SMILES string of the molecule is CC1(c2ccc(-c3ccccc3)cc2)NCCNC1=O. The molecule has 0 radical (unpaired) electrons. The van der Waals surface area contributed by atoms with Crippen molar-refractivity contribution >= 4 is 5.91 Å². The van der Waals surface area contributed by atoms with E-state index in [0.717, 1.165) is 17.7 Å². The van der Waals surface area contributed by atoms with Crippen LogP contribution in [-0.2, 0) is 10.3 Å². The molecule has 1 amide bonds. The lowest BCUT2D eigenvalue weighted by Gasteiger charge is -2.34. The highest BCUT2D eigenvalue weighted by molar-refractivity contribution is 5.88. The summed E-state index contributed by atoms with van der Waals surface area (Å²) in [6.45, 7) is 3.41. The molecule has 1 unspecified atom stereocenters. The zero-order chi connectivity index (χ0) is 14.0. The van der Waals surface area contributed by atoms with Crippen LogP contribution in [0.5, 0.6) is 0 Å². The second-order valence-corrected chi connectivity index (χ2v) is 5.25. The molecular weight excluding hydrogens is 248 g/mol. The number of carbonyl (C=O) groups is 1. The number of piperazine rings is 1. The molecular formula is C17H18N2O. The summed E-state index contributed by atoms with van der Waals surface area (Å²) in [6, 6.07) is 18.4. The van der Waals surface area contributed by atoms with Crippen LogP contribution >= 0.6 is 0 Å². The maximum Gasteiger partial charge on any atom is 0.244 e. The van der Waals surface area contributed by atoms with Gasteiger partial charge >= 0.3 is 0 Å². The molecule has 0 spiro atoms. The van der Waals surface area contributed by atoms with Crippen molar-refractivity contribution in [2.75, 3.05) is 13.1 Å². The highest BCUT2D eigenvalue weighted by atomic mass is 16.2. The summed E-state index contributed by atoms with van der Waals surface area (Å²) in [5, 5.41) is 6.22. The molecule has 1 heterocycles. The number of rotatable bonds is 2. The first-order chi connectivity index (χ1) is 9.70. The van der Waals surface area contributed by atoms with Crippen molar-refractivity contribution in [1.82, 2.24) is 10.6 Å². The Labute approximate surface area is 119 Å². The largest absolute Gasteiger partial charge is 0.353 e. The molecule has 20 heavy (non-hydrogen) atoms. The third-order valence-corrected chi connectivity index (χ3v) is 3.91. The molecule has 0 saturated carbocycles. The van der Waals surface area contributed by atoms with Gasteiger partial charge in [-0.2, -0.15) is 0 Å². The molecule has 0 bridgehead atoms. The Hall–Kier alpha value is -2.13. The van der Waals surface area contributed by atoms with Gasteiger partial charge in [-0.1, -0.05) is 54.6 Å². The Morgan fingerprint density at radius 2 is 1.55 bits per heavy atom. The highest BCUT2D eigenvalue weighted by Crippen LogP contribution is 2.26. The topological polar surface area (TPSA) is 41.1 Å². The minimum atomic E-state index is -0.631. The van der Waals surface area contributed by atoms with E-state index in [2.05, 4.69) is 34.9 Å². The molecule has 0 aliphatic carbocycles. The zero-order valence-corrected chi connectivity index (χ0v) is 11.5. The molecule has 1 atom stereocenters. The van der Waals surface area contributed by atoms with Crippen LogP contribution in [-0.4, -0.2) is 19.0 Å². The van der Waals surface area contributed by atoms with E-state index in [1.807, 2.05) is 37.3 Å². The zero-order valence-electron chi connectivity index (χ0n) is 11.5. The second-order valence-electron chi connectivity index (χ2n) is 5.25. The summed E-state index contributed by atoms with van der Waals surface area (Å²) in [6.07, 6.45) is 0. The van der Waals surface area contributed by atoms with Crippen molar-refractivity contribution in [2.45, 2.75) is 12.5 Å². The van der Waals surface area contributed by atoms with Gasteiger partial charge < -0.3 is 5.32 Å². The second kappa shape index (κ2) is 5.10. The lowest BCUT2D eigenvalue weighted by atomic mass is 9.88. The molecule has 0 aromatic heterocycles. The fraction of sp³-hybridized carbons (Fsp3) is 0.235. The fourth-order valence-electron chi connectivity index (χ4n) is 2.61. The Kier molecular flexibility index (Phi) is 3.28. The minimum Gasteiger partial charge on any atom is -0.353 e. The Morgan fingerprint density at radius 3 is 2.20 bits per heavy atom. The fourth-order valence-corrected chi connectivity index (χ4v) is 2.61. The standard InChI is InChI=1S/C17H18N2O/c1-17(16(20)18-11-12-19-17)15-9-7-14(8-10-15)13-5-3-2-4-6-13/h2-10,19H,11-12H2,1H3,(H,18,20). The third kappa shape index (κ3) is 2.21. The van der Waals surface area contributed by atoms with Crippen LogP contribution < -0.4 is 10.6 Å². The van der Waals surface area contributed by atoms with Crippen LogP contribution in [0, 0.1) is 0 Å². The molecule has 3 heteroatoms. The predicted molar refractivity (Wildman–Crippen MR) is 80.2 cm³/mol. The van der Waals surface area contributed by atoms with Crippen molar-refractivity contribution in [3.8, 4) is 11.1 Å². The van der Waals surface area contributed by atoms with Gasteiger partial charge in [-0.05, 0) is 23.6 Å². The van der Waals surface area contributed by atoms with Gasteiger partial charge in [0.05, 0.1) is 0 Å². The summed E-state index contributed by atoms with van der Waals surface area (Å²) < 4.78 is 0. The van der Waals surface area contributed by atoms with Crippen LogP contribution in [0.15, 0.2) is 54.6 Å². The smallest absolute Gasteiger partial charge is 0.244 e. The number of hydrogen-bond donors (Lipinski definition) is 2. The predicted octanol–water partition coefficient (Wildman–Crippen LogP) is 2.29. The van der Waals surface area contributed by atoms with E-state index >= 15 is 0 Å². The quantitative estimate of drug-likeness (QED) is 0.875. The Morgan fingerprint density at radius 1 is 0.900 bits per heavy atom. The summed E-state index contributed by atoms with van der Waals surface area (Å²) in [4.78, 5) is 12.1. The van der Waals surface area contributed by atoms with Crippen molar-refractivity contribution in [3.05, 3.63) is 60.2 Å². The first kappa shape index (κ1) is 12.9. The van der Waals surface area contributed by atoms with Crippen LogP contribution in [0.2, 0.25) is 0 Å². The molecule has 102 valence electrons. The Balaban J connectivity index is 1.92. The Bertz CT molecular complexity index is 607. The summed E-state index contributed by atoms with van der Waals surface area (Å²) in [7, 11) is 0. The van der Waals surface area contributed by atoms with Gasteiger partial charge in [0.2, 0.25) is 5.91 Å². The average Bonchev–Trinajstić information content (AvgIpc) is 2.51. The number of carbonyl (C=O) groups excluding carboxylic acids is 1. The van der Waals surface area contributed by atoms with Gasteiger partial charge in [0.25, 0.3) is 0 Å². The van der Waals surface area contributed by atoms with Crippen molar-refractivity contribution in [2.24, 2.45) is 0 Å². The first-order valence-corrected chi connectivity index (χ1v) is 6.89. The average molecular weight is 266 g/mol. The van der Waals surface area contributed by atoms with Gasteiger partial charge in [0, 0.05) is 13.1 Å². The van der Waals surface area contributed by atoms with Crippen LogP contribution in [0.25, 0.3) is 11.1 Å². The van der Waals surface area contributed by atoms with Crippen molar-refractivity contribution in [3.63, 3.8) is 0 Å². The molecule has 2 N–H and O–H groups in total. The molecule has 3 rings (SSSR count). The third-order valence-electron chi connectivity index (χ3n) is 3.91. The minimum absolute atomic E-state index is 0.0382. The van der Waals surface area contributed by atoms with Gasteiger partial charge in [-0.15, -0.1) is 0 Å². The van der Waals surface area contributed by atoms with E-state index in [9.17, 15) is 4.79 Å². The van der Waals surface area contributed by atoms with Crippen molar-refractivity contribution in [1.29, 1.82) is 0 Å². The normalized spacial score (nSPS) is 22.4. The van der Waals surface area contributed by atoms with Gasteiger partial charge in [0.1, 0.15) is 5.54 Å². The van der Waals surface area contributed by atoms with Crippen LogP contribution in [0.4, 0.5) is 0 Å². The van der Waals surface area contributed by atoms with E-state index in [0.29, 0.717) is 6.54 Å². The van der Waals surface area contributed by atoms with E-state index in [1.165, 1.54) is 5.56 Å². The molecule has 2 aromatic rings. The monoisotopic (exact) mass is 266 g/mol. The van der Waals surface area contributed by atoms with E-state index in [4.69, 9.17) is 0 Å². The first-order valence-electron chi connectivity index (χ1n) is 6.89. The van der Waals surface area contributed by atoms with Crippen LogP contribution in [0.1, 0.15) is 12.5 Å². The van der Waals surface area contributed by atoms with E-state index in [-0.39, 0.29) is 5.91 Å². The maximum absolute atomic E-state index is 12.1. The molecule has 3 nitrogen and oxygen atoms in total. The molecule has 2 aromatic carbocycles. The number of hydrogen-bond acceptors (Lipinski definition) is 2. The van der Waals surface area contributed by atoms with E-state index < -0.39 is 5.54 Å². The summed E-state index contributed by atoms with van der Waals surface area (Å²) >= 11 is 0. The summed E-state index contributed by atoms with van der Waals surface area (Å²) in [5.74, 6) is 0.0382. The lowest BCUT2D eigenvalue weighted by Crippen LogP contribution is -2.59. The lowest BCUT2D eigenvalue weighted by molar-refractivity contribution is -0.128. The maximum atomic E-state index is 12.1. The molecule has 1 aliphatic heterocycles. The number of nitrogens with one attached hydrogen (secondary N) is 2. The molecule has 1 saturated heterocycles. The number of amides is 1. The van der Waals surface area contributed by atoms with Gasteiger partial charge in [-0.25, -0.2) is 0 Å². The number of benzene rings is 2. The van der Waals surface area contributed by atoms with E-state index in [1.54, 1.807) is 0 Å². The van der Waals surface area contributed by atoms with Crippen LogP contribution in [0.3, 0.4) is 0 Å². The van der Waals surface area contributed by atoms with Gasteiger partial charge in [-0.3, -0.25) is 10.1 Å². The highest BCUT2D eigenvalue weighted by Gasteiger charge is 2.36. The van der Waals surface area contributed by atoms with Crippen molar-refractivity contribution < 1.29 is 4.79 Å². The molecule has 1 aliphatic rings. The van der Waals surface area contributed by atoms with Gasteiger partial charge in [0.15, 0.2) is 0 Å². The molecule has 1 fully saturated rings. The summed E-state index contributed by atoms with van der Waals surface area (Å²) in [5.41, 5.74) is 2.71.